The highest BCUT2D eigenvalue weighted by Crippen LogP contribution is 2.30. The summed E-state index contributed by atoms with van der Waals surface area (Å²) in [6.07, 6.45) is 1.74. The number of nitrogens with zero attached hydrogens (tertiary/aromatic N) is 2. The summed E-state index contributed by atoms with van der Waals surface area (Å²) >= 11 is 9.58. The first kappa shape index (κ1) is 17.0. The maximum absolute atomic E-state index is 12.3. The Morgan fingerprint density at radius 1 is 1.33 bits per heavy atom. The van der Waals surface area contributed by atoms with Crippen molar-refractivity contribution >= 4 is 44.5 Å². The Morgan fingerprint density at radius 3 is 2.83 bits per heavy atom. The second-order valence-corrected chi connectivity index (χ2v) is 7.27. The van der Waals surface area contributed by atoms with Crippen LogP contribution < -0.4 is 5.32 Å². The van der Waals surface area contributed by atoms with Crippen LogP contribution in [0.4, 0.5) is 0 Å². The van der Waals surface area contributed by atoms with Crippen molar-refractivity contribution in [1.29, 1.82) is 0 Å². The smallest absolute Gasteiger partial charge is 0.240 e. The molecule has 6 heteroatoms. The summed E-state index contributed by atoms with van der Waals surface area (Å²) in [6.45, 7) is 4.09. The molecule has 0 aliphatic rings. The van der Waals surface area contributed by atoms with E-state index in [1.54, 1.807) is 6.20 Å². The molecule has 4 nitrogen and oxygen atoms in total. The zero-order valence-corrected chi connectivity index (χ0v) is 15.7. The minimum absolute atomic E-state index is 0.0458. The molecule has 24 heavy (non-hydrogen) atoms. The van der Waals surface area contributed by atoms with Gasteiger partial charge in [-0.2, -0.15) is 0 Å². The van der Waals surface area contributed by atoms with Crippen molar-refractivity contribution in [1.82, 2.24) is 14.9 Å². The molecular weight excluding hydrogens is 390 g/mol. The number of carbonyl (C=O) groups excluding carboxylic acids is 1. The number of pyridine rings is 1. The number of benzene rings is 1. The van der Waals surface area contributed by atoms with E-state index in [0.29, 0.717) is 5.02 Å². The zero-order chi connectivity index (χ0) is 17.3. The predicted molar refractivity (Wildman–Crippen MR) is 101 cm³/mol. The molecule has 0 aliphatic carbocycles. The highest BCUT2D eigenvalue weighted by molar-refractivity contribution is 9.10. The molecule has 0 atom stereocenters. The van der Waals surface area contributed by atoms with Crippen molar-refractivity contribution in [2.45, 2.75) is 26.4 Å². The minimum Gasteiger partial charge on any atom is -0.352 e. The number of aromatic nitrogens is 2. The third kappa shape index (κ3) is 3.62. The van der Waals surface area contributed by atoms with Crippen LogP contribution in [0.3, 0.4) is 0 Å². The van der Waals surface area contributed by atoms with E-state index in [1.165, 1.54) is 0 Å². The van der Waals surface area contributed by atoms with Crippen molar-refractivity contribution < 1.29 is 4.79 Å². The largest absolute Gasteiger partial charge is 0.352 e. The van der Waals surface area contributed by atoms with Gasteiger partial charge in [-0.3, -0.25) is 4.79 Å². The molecule has 0 aliphatic heterocycles. The molecule has 1 amide bonds. The van der Waals surface area contributed by atoms with Gasteiger partial charge in [0.05, 0.1) is 5.69 Å². The molecular formula is C18H17BrClN3O. The third-order valence-electron chi connectivity index (χ3n) is 3.57. The number of halogens is 2. The highest BCUT2D eigenvalue weighted by Gasteiger charge is 2.15. The van der Waals surface area contributed by atoms with Crippen LogP contribution in [0.5, 0.6) is 0 Å². The van der Waals surface area contributed by atoms with Crippen molar-refractivity contribution in [3.63, 3.8) is 0 Å². The molecule has 1 N–H and O–H groups in total. The molecule has 2 aromatic heterocycles. The number of hydrogen-bond acceptors (Lipinski definition) is 2. The van der Waals surface area contributed by atoms with Crippen molar-refractivity contribution in [2.75, 3.05) is 0 Å². The van der Waals surface area contributed by atoms with E-state index in [0.717, 1.165) is 26.8 Å². The van der Waals surface area contributed by atoms with Crippen LogP contribution in [0, 0.1) is 0 Å². The van der Waals surface area contributed by atoms with Gasteiger partial charge >= 0.3 is 0 Å². The van der Waals surface area contributed by atoms with E-state index in [-0.39, 0.29) is 18.5 Å². The molecule has 3 aromatic rings. The van der Waals surface area contributed by atoms with Crippen LogP contribution in [0.25, 0.3) is 22.3 Å². The maximum Gasteiger partial charge on any atom is 0.240 e. The van der Waals surface area contributed by atoms with Gasteiger partial charge in [-0.05, 0) is 59.6 Å². The van der Waals surface area contributed by atoms with Gasteiger partial charge in [0, 0.05) is 27.1 Å². The van der Waals surface area contributed by atoms with Crippen LogP contribution in [0.15, 0.2) is 47.1 Å². The summed E-state index contributed by atoms with van der Waals surface area (Å²) in [4.78, 5) is 16.8. The Morgan fingerprint density at radius 2 is 2.12 bits per heavy atom. The highest BCUT2D eigenvalue weighted by atomic mass is 79.9. The van der Waals surface area contributed by atoms with E-state index in [9.17, 15) is 4.79 Å². The number of amides is 1. The van der Waals surface area contributed by atoms with Crippen molar-refractivity contribution in [3.05, 3.63) is 52.1 Å². The molecule has 124 valence electrons. The lowest BCUT2D eigenvalue weighted by molar-refractivity contribution is -0.122. The summed E-state index contributed by atoms with van der Waals surface area (Å²) in [5.74, 6) is -0.0458. The molecule has 0 saturated heterocycles. The summed E-state index contributed by atoms with van der Waals surface area (Å²) < 4.78 is 2.82. The lowest BCUT2D eigenvalue weighted by atomic mass is 10.1. The topological polar surface area (TPSA) is 46.9 Å². The van der Waals surface area contributed by atoms with Crippen LogP contribution >= 0.6 is 27.5 Å². The van der Waals surface area contributed by atoms with E-state index in [4.69, 9.17) is 11.6 Å². The average molecular weight is 407 g/mol. The number of fused-ring (bicyclic) bond motifs is 1. The van der Waals surface area contributed by atoms with Crippen LogP contribution in [-0.2, 0) is 11.3 Å². The standard InChI is InChI=1S/C18H17BrClN3O/c1-11(2)22-17(24)10-23-16(12-4-3-5-15(20)7-12)8-13-6-14(19)9-21-18(13)23/h3-9,11H,10H2,1-2H3,(H,22,24). The van der Waals surface area contributed by atoms with Crippen molar-refractivity contribution in [3.8, 4) is 11.3 Å². The fourth-order valence-corrected chi connectivity index (χ4v) is 3.22. The Bertz CT molecular complexity index is 904. The Labute approximate surface area is 154 Å². The normalized spacial score (nSPS) is 11.2. The number of hydrogen-bond donors (Lipinski definition) is 1. The molecule has 3 rings (SSSR count). The molecule has 1 aromatic carbocycles. The fraction of sp³-hybridized carbons (Fsp3) is 0.222. The summed E-state index contributed by atoms with van der Waals surface area (Å²) in [5.41, 5.74) is 2.64. The average Bonchev–Trinajstić information content (AvgIpc) is 2.84. The Hall–Kier alpha value is -1.85. The van der Waals surface area contributed by atoms with Crippen LogP contribution in [0.1, 0.15) is 13.8 Å². The van der Waals surface area contributed by atoms with Gasteiger partial charge < -0.3 is 9.88 Å². The molecule has 0 radical (unpaired) electrons. The van der Waals surface area contributed by atoms with Gasteiger partial charge in [0.25, 0.3) is 0 Å². The molecule has 0 saturated carbocycles. The van der Waals surface area contributed by atoms with Gasteiger partial charge in [-0.25, -0.2) is 4.98 Å². The molecule has 0 unspecified atom stereocenters. The quantitative estimate of drug-likeness (QED) is 0.686. The maximum atomic E-state index is 12.3. The Balaban J connectivity index is 2.13. The Kier molecular flexibility index (Phi) is 4.92. The van der Waals surface area contributed by atoms with Crippen LogP contribution in [0.2, 0.25) is 5.02 Å². The van der Waals surface area contributed by atoms with E-state index in [1.807, 2.05) is 54.8 Å². The number of nitrogens with one attached hydrogen (secondary N) is 1. The van der Waals surface area contributed by atoms with Gasteiger partial charge in [0.1, 0.15) is 12.2 Å². The fourth-order valence-electron chi connectivity index (χ4n) is 2.68. The van der Waals surface area contributed by atoms with Gasteiger partial charge in [0.15, 0.2) is 0 Å². The number of carbonyl (C=O) groups is 1. The third-order valence-corrected chi connectivity index (χ3v) is 4.24. The zero-order valence-electron chi connectivity index (χ0n) is 13.4. The van der Waals surface area contributed by atoms with Gasteiger partial charge in [0.2, 0.25) is 5.91 Å². The lowest BCUT2D eigenvalue weighted by Gasteiger charge is -2.13. The van der Waals surface area contributed by atoms with E-state index < -0.39 is 0 Å². The molecule has 0 fully saturated rings. The van der Waals surface area contributed by atoms with E-state index in [2.05, 4.69) is 26.2 Å². The minimum atomic E-state index is -0.0458. The molecule has 0 bridgehead atoms. The summed E-state index contributed by atoms with van der Waals surface area (Å²) in [7, 11) is 0. The molecule has 0 spiro atoms. The van der Waals surface area contributed by atoms with Crippen molar-refractivity contribution in [2.24, 2.45) is 0 Å². The predicted octanol–water partition coefficient (Wildman–Crippen LogP) is 4.64. The second-order valence-electron chi connectivity index (χ2n) is 5.91. The number of rotatable bonds is 4. The second kappa shape index (κ2) is 6.95. The summed E-state index contributed by atoms with van der Waals surface area (Å²) in [5, 5.41) is 4.55. The van der Waals surface area contributed by atoms with Gasteiger partial charge in [-0.1, -0.05) is 23.7 Å². The van der Waals surface area contributed by atoms with Gasteiger partial charge in [-0.15, -0.1) is 0 Å². The summed E-state index contributed by atoms with van der Waals surface area (Å²) in [6, 6.07) is 11.7. The van der Waals surface area contributed by atoms with E-state index >= 15 is 0 Å². The first-order valence-electron chi connectivity index (χ1n) is 7.64. The monoisotopic (exact) mass is 405 g/mol. The first-order chi connectivity index (χ1) is 11.4. The lowest BCUT2D eigenvalue weighted by Crippen LogP contribution is -2.33. The SMILES string of the molecule is CC(C)NC(=O)Cn1c(-c2cccc(Cl)c2)cc2cc(Br)cnc21. The van der Waals surface area contributed by atoms with Crippen LogP contribution in [-0.4, -0.2) is 21.5 Å². The first-order valence-corrected chi connectivity index (χ1v) is 8.81. The molecule has 2 heterocycles.